The van der Waals surface area contributed by atoms with Gasteiger partial charge in [-0.25, -0.2) is 4.57 Å². The normalized spacial score (nSPS) is 14.6. The molecule has 0 amide bonds. The van der Waals surface area contributed by atoms with Gasteiger partial charge in [-0.05, 0) is 30.9 Å². The lowest BCUT2D eigenvalue weighted by Gasteiger charge is -2.02. The highest BCUT2D eigenvalue weighted by Gasteiger charge is 2.19. The Morgan fingerprint density at radius 3 is 2.93 bits per heavy atom. The van der Waals surface area contributed by atoms with Gasteiger partial charge in [0.1, 0.15) is 7.05 Å². The molecule has 1 nitrogen and oxygen atoms in total. The van der Waals surface area contributed by atoms with Crippen molar-refractivity contribution in [3.63, 3.8) is 0 Å². The summed E-state index contributed by atoms with van der Waals surface area (Å²) in [6.45, 7) is 0. The molecule has 0 fully saturated rings. The van der Waals surface area contributed by atoms with E-state index in [2.05, 4.69) is 42.1 Å². The molecule has 70 valence electrons. The minimum atomic E-state index is 1.26. The fourth-order valence-electron chi connectivity index (χ4n) is 2.56. The summed E-state index contributed by atoms with van der Waals surface area (Å²) in [6, 6.07) is 8.71. The lowest BCUT2D eigenvalue weighted by atomic mass is 10.1. The highest BCUT2D eigenvalue weighted by Crippen LogP contribution is 2.26. The van der Waals surface area contributed by atoms with Crippen molar-refractivity contribution in [2.24, 2.45) is 7.05 Å². The van der Waals surface area contributed by atoms with Gasteiger partial charge in [-0.3, -0.25) is 0 Å². The molecule has 0 atom stereocenters. The zero-order valence-corrected chi connectivity index (χ0v) is 8.46. The highest BCUT2D eigenvalue weighted by molar-refractivity contribution is 5.80. The van der Waals surface area contributed by atoms with Crippen LogP contribution in [-0.2, 0) is 19.9 Å². The van der Waals surface area contributed by atoms with Crippen LogP contribution >= 0.6 is 0 Å². The van der Waals surface area contributed by atoms with Gasteiger partial charge >= 0.3 is 0 Å². The molecule has 3 rings (SSSR count). The molecule has 1 aromatic heterocycles. The zero-order chi connectivity index (χ0) is 9.54. The summed E-state index contributed by atoms with van der Waals surface area (Å²) in [6.07, 6.45) is 6.14. The second-order valence-corrected chi connectivity index (χ2v) is 4.11. The molecule has 0 radical (unpaired) electrons. The fraction of sp³-hybridized carbons (Fsp3) is 0.308. The number of para-hydroxylation sites is 1. The standard InChI is InChI=1S/C13H14N/c1-14-9-10-5-4-7-11(10)12-6-2-3-8-13(12)14/h2-3,6,8-9H,4-5,7H2,1H3/q+1. The first kappa shape index (κ1) is 7.98. The molecule has 0 saturated carbocycles. The van der Waals surface area contributed by atoms with Crippen molar-refractivity contribution in [1.29, 1.82) is 0 Å². The number of nitrogens with zero attached hydrogens (tertiary/aromatic N) is 1. The van der Waals surface area contributed by atoms with Crippen LogP contribution in [0.25, 0.3) is 10.9 Å². The van der Waals surface area contributed by atoms with E-state index in [1.165, 1.54) is 30.2 Å². The van der Waals surface area contributed by atoms with E-state index in [-0.39, 0.29) is 0 Å². The topological polar surface area (TPSA) is 3.88 Å². The molecule has 0 aliphatic heterocycles. The molecule has 0 unspecified atom stereocenters. The predicted octanol–water partition coefficient (Wildman–Crippen LogP) is 2.15. The molecular formula is C13H14N+. The first-order valence-electron chi connectivity index (χ1n) is 5.25. The summed E-state index contributed by atoms with van der Waals surface area (Å²) in [4.78, 5) is 0. The van der Waals surface area contributed by atoms with Crippen molar-refractivity contribution in [3.8, 4) is 0 Å². The van der Waals surface area contributed by atoms with Crippen LogP contribution in [0.4, 0.5) is 0 Å². The molecule has 1 aliphatic carbocycles. The van der Waals surface area contributed by atoms with E-state index < -0.39 is 0 Å². The van der Waals surface area contributed by atoms with Gasteiger partial charge in [0, 0.05) is 17.0 Å². The van der Waals surface area contributed by atoms with Crippen molar-refractivity contribution >= 4 is 10.9 Å². The van der Waals surface area contributed by atoms with Gasteiger partial charge in [0.05, 0.1) is 0 Å². The third-order valence-corrected chi connectivity index (χ3v) is 3.22. The Morgan fingerprint density at radius 1 is 1.14 bits per heavy atom. The van der Waals surface area contributed by atoms with Gasteiger partial charge < -0.3 is 0 Å². The molecule has 1 heterocycles. The Labute approximate surface area is 84.0 Å². The minimum Gasteiger partial charge on any atom is -0.201 e. The molecular weight excluding hydrogens is 170 g/mol. The average Bonchev–Trinajstić information content (AvgIpc) is 2.66. The number of hydrogen-bond donors (Lipinski definition) is 0. The molecule has 1 aliphatic rings. The Morgan fingerprint density at radius 2 is 2.00 bits per heavy atom. The lowest BCUT2D eigenvalue weighted by molar-refractivity contribution is -0.645. The highest BCUT2D eigenvalue weighted by atomic mass is 14.9. The van der Waals surface area contributed by atoms with Crippen LogP contribution in [0.15, 0.2) is 30.5 Å². The Hall–Kier alpha value is -1.37. The van der Waals surface area contributed by atoms with E-state index in [1.54, 1.807) is 11.1 Å². The van der Waals surface area contributed by atoms with Crippen molar-refractivity contribution in [2.45, 2.75) is 19.3 Å². The van der Waals surface area contributed by atoms with Crippen molar-refractivity contribution in [3.05, 3.63) is 41.6 Å². The summed E-state index contributed by atoms with van der Waals surface area (Å²) in [5.74, 6) is 0. The van der Waals surface area contributed by atoms with Crippen LogP contribution in [0, 0.1) is 0 Å². The van der Waals surface area contributed by atoms with Crippen LogP contribution < -0.4 is 4.57 Å². The van der Waals surface area contributed by atoms with Crippen LogP contribution in [0.1, 0.15) is 17.5 Å². The summed E-state index contributed by atoms with van der Waals surface area (Å²) in [7, 11) is 2.14. The van der Waals surface area contributed by atoms with E-state index in [0.29, 0.717) is 0 Å². The van der Waals surface area contributed by atoms with Gasteiger partial charge in [0.2, 0.25) is 5.52 Å². The summed E-state index contributed by atoms with van der Waals surface area (Å²) < 4.78 is 2.25. The second kappa shape index (κ2) is 2.81. The van der Waals surface area contributed by atoms with Crippen LogP contribution in [0.2, 0.25) is 0 Å². The predicted molar refractivity (Wildman–Crippen MR) is 57.1 cm³/mol. The average molecular weight is 184 g/mol. The van der Waals surface area contributed by atoms with Gasteiger partial charge in [-0.2, -0.15) is 0 Å². The van der Waals surface area contributed by atoms with Crippen LogP contribution in [0.3, 0.4) is 0 Å². The lowest BCUT2D eigenvalue weighted by Crippen LogP contribution is -2.29. The number of pyridine rings is 1. The number of aryl methyl sites for hydroxylation is 3. The largest absolute Gasteiger partial charge is 0.212 e. The number of rotatable bonds is 0. The van der Waals surface area contributed by atoms with Gasteiger partial charge in [0.25, 0.3) is 0 Å². The second-order valence-electron chi connectivity index (χ2n) is 4.11. The SMILES string of the molecule is C[n+]1cc2c(c3ccccc31)CCC2. The minimum absolute atomic E-state index is 1.26. The smallest absolute Gasteiger partial charge is 0.201 e. The monoisotopic (exact) mass is 184 g/mol. The number of hydrogen-bond acceptors (Lipinski definition) is 0. The molecule has 0 N–H and O–H groups in total. The van der Waals surface area contributed by atoms with E-state index in [1.807, 2.05) is 0 Å². The molecule has 0 saturated heterocycles. The van der Waals surface area contributed by atoms with E-state index in [9.17, 15) is 0 Å². The van der Waals surface area contributed by atoms with Crippen molar-refractivity contribution < 1.29 is 4.57 Å². The zero-order valence-electron chi connectivity index (χ0n) is 8.46. The fourth-order valence-corrected chi connectivity index (χ4v) is 2.56. The van der Waals surface area contributed by atoms with Gasteiger partial charge in [0.15, 0.2) is 6.20 Å². The summed E-state index contributed by atoms with van der Waals surface area (Å²) >= 11 is 0. The maximum Gasteiger partial charge on any atom is 0.212 e. The van der Waals surface area contributed by atoms with E-state index >= 15 is 0 Å². The Bertz CT molecular complexity index is 500. The first-order chi connectivity index (χ1) is 6.86. The number of benzene rings is 1. The third kappa shape index (κ3) is 0.985. The van der Waals surface area contributed by atoms with Crippen molar-refractivity contribution in [2.75, 3.05) is 0 Å². The Kier molecular flexibility index (Phi) is 1.60. The maximum absolute atomic E-state index is 2.30. The molecule has 0 spiro atoms. The maximum atomic E-state index is 2.30. The molecule has 2 aromatic rings. The first-order valence-corrected chi connectivity index (χ1v) is 5.25. The molecule has 0 bridgehead atoms. The summed E-state index contributed by atoms with van der Waals surface area (Å²) in [5, 5.41) is 1.45. The quantitative estimate of drug-likeness (QED) is 0.552. The van der Waals surface area contributed by atoms with E-state index in [0.717, 1.165) is 0 Å². The number of fused-ring (bicyclic) bond motifs is 3. The molecule has 1 heteroatoms. The van der Waals surface area contributed by atoms with Gasteiger partial charge in [-0.1, -0.05) is 12.1 Å². The van der Waals surface area contributed by atoms with E-state index in [4.69, 9.17) is 0 Å². The number of aromatic nitrogens is 1. The summed E-state index contributed by atoms with van der Waals surface area (Å²) in [5.41, 5.74) is 4.48. The Balaban J connectivity index is 2.47. The van der Waals surface area contributed by atoms with Crippen LogP contribution in [0.5, 0.6) is 0 Å². The molecule has 14 heavy (non-hydrogen) atoms. The molecule has 1 aromatic carbocycles. The van der Waals surface area contributed by atoms with Gasteiger partial charge in [-0.15, -0.1) is 0 Å². The third-order valence-electron chi connectivity index (χ3n) is 3.22. The van der Waals surface area contributed by atoms with Crippen LogP contribution in [-0.4, -0.2) is 0 Å². The van der Waals surface area contributed by atoms with Crippen molar-refractivity contribution in [1.82, 2.24) is 0 Å².